The monoisotopic (exact) mass is 401 g/mol. The average molecular weight is 402 g/mol. The molecule has 0 aromatic carbocycles. The van der Waals surface area contributed by atoms with Crippen molar-refractivity contribution in [2.75, 3.05) is 52.5 Å². The number of rotatable bonds is 4. The van der Waals surface area contributed by atoms with Crippen molar-refractivity contribution in [3.05, 3.63) is 23.3 Å². The molecule has 1 aromatic heterocycles. The van der Waals surface area contributed by atoms with Gasteiger partial charge in [-0.15, -0.1) is 0 Å². The van der Waals surface area contributed by atoms with Crippen molar-refractivity contribution in [3.8, 4) is 0 Å². The first-order valence-corrected chi connectivity index (χ1v) is 10.9. The fraction of sp³-hybridized carbons (Fsp3) is 0.714. The highest BCUT2D eigenvalue weighted by Gasteiger charge is 2.32. The third kappa shape index (κ3) is 4.59. The molecular formula is C21H31N5O3. The second-order valence-corrected chi connectivity index (χ2v) is 8.21. The van der Waals surface area contributed by atoms with Gasteiger partial charge in [0.05, 0.1) is 37.1 Å². The van der Waals surface area contributed by atoms with Gasteiger partial charge in [-0.2, -0.15) is 0 Å². The summed E-state index contributed by atoms with van der Waals surface area (Å²) in [5.74, 6) is 0.796. The van der Waals surface area contributed by atoms with Gasteiger partial charge in [0.15, 0.2) is 5.82 Å². The van der Waals surface area contributed by atoms with Crippen LogP contribution in [0, 0.1) is 6.92 Å². The van der Waals surface area contributed by atoms with E-state index in [0.717, 1.165) is 38.9 Å². The lowest BCUT2D eigenvalue weighted by molar-refractivity contribution is -0.136. The van der Waals surface area contributed by atoms with E-state index in [1.54, 1.807) is 11.1 Å². The number of morpholine rings is 1. The van der Waals surface area contributed by atoms with Crippen molar-refractivity contribution in [1.82, 2.24) is 24.7 Å². The van der Waals surface area contributed by atoms with E-state index in [1.807, 2.05) is 11.8 Å². The maximum atomic E-state index is 13.0. The first kappa shape index (κ1) is 20.2. The van der Waals surface area contributed by atoms with Crippen LogP contribution in [0.2, 0.25) is 0 Å². The Balaban J connectivity index is 1.48. The summed E-state index contributed by atoms with van der Waals surface area (Å²) >= 11 is 0. The standard InChI is InChI=1S/C21H31N5O3/c1-16-17(21(28)25-10-12-29-13-11-25)14-22-20(23-16)18-6-2-3-9-26(18)19(27)15-24-7-4-5-8-24/h14,18H,2-13,15H2,1H3/t18-/m1/s1. The molecule has 3 saturated heterocycles. The number of amides is 2. The molecule has 8 heteroatoms. The topological polar surface area (TPSA) is 78.9 Å². The maximum absolute atomic E-state index is 13.0. The molecule has 0 bridgehead atoms. The normalized spacial score (nSPS) is 23.4. The molecule has 3 fully saturated rings. The van der Waals surface area contributed by atoms with Gasteiger partial charge >= 0.3 is 0 Å². The highest BCUT2D eigenvalue weighted by atomic mass is 16.5. The minimum atomic E-state index is -0.0925. The number of nitrogens with zero attached hydrogens (tertiary/aromatic N) is 5. The van der Waals surface area contributed by atoms with Gasteiger partial charge in [-0.1, -0.05) is 0 Å². The van der Waals surface area contributed by atoms with Crippen molar-refractivity contribution < 1.29 is 14.3 Å². The molecule has 0 radical (unpaired) electrons. The highest BCUT2D eigenvalue weighted by Crippen LogP contribution is 2.29. The zero-order chi connectivity index (χ0) is 20.2. The van der Waals surface area contributed by atoms with Crippen LogP contribution >= 0.6 is 0 Å². The molecule has 0 N–H and O–H groups in total. The fourth-order valence-corrected chi connectivity index (χ4v) is 4.51. The van der Waals surface area contributed by atoms with Crippen LogP contribution in [0.15, 0.2) is 6.20 Å². The molecule has 29 heavy (non-hydrogen) atoms. The molecule has 1 aromatic rings. The van der Waals surface area contributed by atoms with E-state index in [-0.39, 0.29) is 17.9 Å². The van der Waals surface area contributed by atoms with Crippen molar-refractivity contribution in [3.63, 3.8) is 0 Å². The molecule has 158 valence electrons. The molecule has 0 aliphatic carbocycles. The van der Waals surface area contributed by atoms with E-state index in [0.29, 0.717) is 49.9 Å². The highest BCUT2D eigenvalue weighted by molar-refractivity contribution is 5.95. The van der Waals surface area contributed by atoms with Gasteiger partial charge in [0.25, 0.3) is 5.91 Å². The Labute approximate surface area is 172 Å². The molecule has 0 spiro atoms. The summed E-state index contributed by atoms with van der Waals surface area (Å²) in [4.78, 5) is 41.0. The number of ether oxygens (including phenoxy) is 1. The predicted molar refractivity (Wildman–Crippen MR) is 107 cm³/mol. The number of hydrogen-bond donors (Lipinski definition) is 0. The van der Waals surface area contributed by atoms with Gasteiger partial charge in [0, 0.05) is 25.8 Å². The van der Waals surface area contributed by atoms with Crippen molar-refractivity contribution in [2.24, 2.45) is 0 Å². The minimum Gasteiger partial charge on any atom is -0.378 e. The quantitative estimate of drug-likeness (QED) is 0.759. The zero-order valence-corrected chi connectivity index (χ0v) is 17.3. The third-order valence-electron chi connectivity index (χ3n) is 6.21. The number of aryl methyl sites for hydroxylation is 1. The third-order valence-corrected chi connectivity index (χ3v) is 6.21. The summed E-state index contributed by atoms with van der Waals surface area (Å²) in [6.07, 6.45) is 6.97. The van der Waals surface area contributed by atoms with Gasteiger partial charge in [-0.25, -0.2) is 9.97 Å². The van der Waals surface area contributed by atoms with Gasteiger partial charge in [-0.05, 0) is 52.1 Å². The summed E-state index contributed by atoms with van der Waals surface area (Å²) < 4.78 is 5.33. The number of piperidine rings is 1. The van der Waals surface area contributed by atoms with Crippen molar-refractivity contribution >= 4 is 11.8 Å². The Kier molecular flexibility index (Phi) is 6.40. The van der Waals surface area contributed by atoms with E-state index in [1.165, 1.54) is 12.8 Å². The SMILES string of the molecule is Cc1nc([C@H]2CCCCN2C(=O)CN2CCCC2)ncc1C(=O)N1CCOCC1. The smallest absolute Gasteiger partial charge is 0.257 e. The minimum absolute atomic E-state index is 0.0389. The zero-order valence-electron chi connectivity index (χ0n) is 17.3. The van der Waals surface area contributed by atoms with E-state index in [2.05, 4.69) is 14.9 Å². The van der Waals surface area contributed by atoms with Crippen molar-refractivity contribution in [1.29, 1.82) is 0 Å². The van der Waals surface area contributed by atoms with Crippen LogP contribution in [0.5, 0.6) is 0 Å². The summed E-state index contributed by atoms with van der Waals surface area (Å²) in [6, 6.07) is -0.0925. The lowest BCUT2D eigenvalue weighted by atomic mass is 10.0. The summed E-state index contributed by atoms with van der Waals surface area (Å²) in [5.41, 5.74) is 1.23. The molecule has 3 aliphatic heterocycles. The lowest BCUT2D eigenvalue weighted by Crippen LogP contribution is -2.44. The molecule has 0 saturated carbocycles. The molecule has 4 heterocycles. The van der Waals surface area contributed by atoms with Gasteiger partial charge < -0.3 is 14.5 Å². The fourth-order valence-electron chi connectivity index (χ4n) is 4.51. The number of hydrogen-bond acceptors (Lipinski definition) is 6. The van der Waals surface area contributed by atoms with Gasteiger partial charge in [0.1, 0.15) is 0 Å². The molecule has 2 amide bonds. The largest absolute Gasteiger partial charge is 0.378 e. The van der Waals surface area contributed by atoms with Crippen LogP contribution in [-0.4, -0.2) is 89.0 Å². The van der Waals surface area contributed by atoms with Crippen molar-refractivity contribution in [2.45, 2.75) is 45.1 Å². The second kappa shape index (κ2) is 9.17. The predicted octanol–water partition coefficient (Wildman–Crippen LogP) is 1.41. The Morgan fingerprint density at radius 3 is 2.52 bits per heavy atom. The van der Waals surface area contributed by atoms with E-state index >= 15 is 0 Å². The first-order valence-electron chi connectivity index (χ1n) is 10.9. The summed E-state index contributed by atoms with van der Waals surface area (Å²) in [5, 5.41) is 0. The van der Waals surface area contributed by atoms with E-state index in [4.69, 9.17) is 4.74 Å². The molecule has 0 unspecified atom stereocenters. The van der Waals surface area contributed by atoms with Crippen LogP contribution in [0.1, 0.15) is 60.0 Å². The number of aromatic nitrogens is 2. The number of carbonyl (C=O) groups is 2. The second-order valence-electron chi connectivity index (χ2n) is 8.21. The van der Waals surface area contributed by atoms with Gasteiger partial charge in [0.2, 0.25) is 5.91 Å². The van der Waals surface area contributed by atoms with Crippen LogP contribution in [0.25, 0.3) is 0 Å². The molecule has 3 aliphatic rings. The number of carbonyl (C=O) groups excluding carboxylic acids is 2. The lowest BCUT2D eigenvalue weighted by Gasteiger charge is -2.36. The molecular weight excluding hydrogens is 370 g/mol. The van der Waals surface area contributed by atoms with E-state index in [9.17, 15) is 9.59 Å². The Bertz CT molecular complexity index is 744. The molecule has 8 nitrogen and oxygen atoms in total. The molecule has 1 atom stereocenters. The van der Waals surface area contributed by atoms with Crippen LogP contribution in [0.4, 0.5) is 0 Å². The van der Waals surface area contributed by atoms with Crippen LogP contribution in [0.3, 0.4) is 0 Å². The van der Waals surface area contributed by atoms with E-state index < -0.39 is 0 Å². The van der Waals surface area contributed by atoms with Crippen LogP contribution < -0.4 is 0 Å². The average Bonchev–Trinajstić information content (AvgIpc) is 3.27. The van der Waals surface area contributed by atoms with Gasteiger partial charge in [-0.3, -0.25) is 14.5 Å². The first-order chi connectivity index (χ1) is 14.1. The summed E-state index contributed by atoms with van der Waals surface area (Å²) in [6.45, 7) is 7.47. The Morgan fingerprint density at radius 2 is 1.79 bits per heavy atom. The summed E-state index contributed by atoms with van der Waals surface area (Å²) in [7, 11) is 0. The van der Waals surface area contributed by atoms with Crippen LogP contribution in [-0.2, 0) is 9.53 Å². The maximum Gasteiger partial charge on any atom is 0.257 e. The Hall–Kier alpha value is -2.06. The Morgan fingerprint density at radius 1 is 1.07 bits per heavy atom. The molecule has 4 rings (SSSR count). The number of likely N-dealkylation sites (tertiary alicyclic amines) is 2.